The first-order valence-corrected chi connectivity index (χ1v) is 8.66. The Morgan fingerprint density at radius 3 is 2.42 bits per heavy atom. The van der Waals surface area contributed by atoms with Crippen LogP contribution < -0.4 is 10.1 Å². The van der Waals surface area contributed by atoms with Crippen molar-refractivity contribution in [3.8, 4) is 5.75 Å². The molecule has 0 saturated carbocycles. The van der Waals surface area contributed by atoms with Crippen LogP contribution in [0.5, 0.6) is 5.75 Å². The summed E-state index contributed by atoms with van der Waals surface area (Å²) in [6.07, 6.45) is -1.01. The fourth-order valence-electron chi connectivity index (χ4n) is 3.11. The van der Waals surface area contributed by atoms with Gasteiger partial charge in [-0.25, -0.2) is 0 Å². The molecular formula is C20H20ClNO4. The number of Topliss-reactive ketones (excluding diaryl/α,β-unsaturated/α-hetero) is 1. The first-order valence-electron chi connectivity index (χ1n) is 8.28. The van der Waals surface area contributed by atoms with Gasteiger partial charge < -0.3 is 15.2 Å². The zero-order valence-electron chi connectivity index (χ0n) is 14.7. The fourth-order valence-corrected chi connectivity index (χ4v) is 3.33. The fraction of sp³-hybridized carbons (Fsp3) is 0.300. The number of para-hydroxylation sites is 1. The Morgan fingerprint density at radius 2 is 1.77 bits per heavy atom. The van der Waals surface area contributed by atoms with Crippen molar-refractivity contribution in [2.45, 2.75) is 38.5 Å². The molecule has 5 nitrogen and oxygen atoms in total. The Bertz CT molecular complexity index is 878. The standard InChI is InChI=1S/C20H20ClNO4/c1-11(23)12-8-6-9-14-16(18(24)20(2,3)26-17(12)14)22-19(25)13-7-4-5-10-15(13)21/h4-10,16,18,24H,1-3H3,(H,22,25). The first kappa shape index (κ1) is 18.4. The lowest BCUT2D eigenvalue weighted by molar-refractivity contribution is -0.0630. The summed E-state index contributed by atoms with van der Waals surface area (Å²) in [5, 5.41) is 13.9. The smallest absolute Gasteiger partial charge is 0.253 e. The molecule has 1 heterocycles. The highest BCUT2D eigenvalue weighted by atomic mass is 35.5. The van der Waals surface area contributed by atoms with Crippen molar-refractivity contribution in [2.75, 3.05) is 0 Å². The van der Waals surface area contributed by atoms with Crippen LogP contribution in [-0.2, 0) is 0 Å². The quantitative estimate of drug-likeness (QED) is 0.807. The molecule has 0 saturated heterocycles. The number of aliphatic hydroxyl groups excluding tert-OH is 1. The molecule has 3 rings (SSSR count). The lowest BCUT2D eigenvalue weighted by Crippen LogP contribution is -2.53. The maximum atomic E-state index is 12.7. The van der Waals surface area contributed by atoms with Gasteiger partial charge in [0.1, 0.15) is 17.5 Å². The number of ketones is 1. The third kappa shape index (κ3) is 3.20. The lowest BCUT2D eigenvalue weighted by Gasteiger charge is -2.42. The van der Waals surface area contributed by atoms with Crippen LogP contribution in [0.15, 0.2) is 42.5 Å². The van der Waals surface area contributed by atoms with Gasteiger partial charge in [-0.1, -0.05) is 35.9 Å². The molecule has 0 aliphatic carbocycles. The minimum Gasteiger partial charge on any atom is -0.484 e. The van der Waals surface area contributed by atoms with Gasteiger partial charge >= 0.3 is 0 Å². The number of ether oxygens (including phenoxy) is 1. The Labute approximate surface area is 156 Å². The summed E-state index contributed by atoms with van der Waals surface area (Å²) in [7, 11) is 0. The number of aliphatic hydroxyl groups is 1. The number of rotatable bonds is 3. The average molecular weight is 374 g/mol. The number of carbonyl (C=O) groups is 2. The van der Waals surface area contributed by atoms with E-state index in [0.29, 0.717) is 27.5 Å². The highest BCUT2D eigenvalue weighted by molar-refractivity contribution is 6.33. The van der Waals surface area contributed by atoms with Crippen LogP contribution in [0.1, 0.15) is 53.1 Å². The molecule has 1 aliphatic heterocycles. The zero-order chi connectivity index (χ0) is 19.1. The summed E-state index contributed by atoms with van der Waals surface area (Å²) >= 11 is 6.10. The number of benzene rings is 2. The van der Waals surface area contributed by atoms with Crippen molar-refractivity contribution < 1.29 is 19.4 Å². The van der Waals surface area contributed by atoms with Gasteiger partial charge in [-0.15, -0.1) is 0 Å². The molecule has 1 aliphatic rings. The second kappa shape index (κ2) is 6.74. The number of halogens is 1. The topological polar surface area (TPSA) is 75.6 Å². The third-order valence-electron chi connectivity index (χ3n) is 4.56. The number of carbonyl (C=O) groups excluding carboxylic acids is 2. The van der Waals surface area contributed by atoms with E-state index in [1.807, 2.05) is 0 Å². The van der Waals surface area contributed by atoms with Crippen LogP contribution in [0.4, 0.5) is 0 Å². The summed E-state index contributed by atoms with van der Waals surface area (Å²) in [6.45, 7) is 4.88. The molecule has 2 unspecified atom stereocenters. The molecule has 2 aromatic carbocycles. The van der Waals surface area contributed by atoms with Crippen molar-refractivity contribution in [1.82, 2.24) is 5.32 Å². The normalized spacial score (nSPS) is 20.7. The van der Waals surface area contributed by atoms with E-state index < -0.39 is 23.7 Å². The van der Waals surface area contributed by atoms with Gasteiger partial charge in [0.2, 0.25) is 0 Å². The monoisotopic (exact) mass is 373 g/mol. The number of hydrogen-bond donors (Lipinski definition) is 2. The number of amides is 1. The van der Waals surface area contributed by atoms with E-state index in [4.69, 9.17) is 16.3 Å². The van der Waals surface area contributed by atoms with E-state index in [1.54, 1.807) is 56.3 Å². The Hall–Kier alpha value is -2.37. The van der Waals surface area contributed by atoms with Crippen molar-refractivity contribution >= 4 is 23.3 Å². The van der Waals surface area contributed by atoms with Crippen molar-refractivity contribution in [2.24, 2.45) is 0 Å². The van der Waals surface area contributed by atoms with Gasteiger partial charge in [0.15, 0.2) is 5.78 Å². The zero-order valence-corrected chi connectivity index (χ0v) is 15.5. The predicted octanol–water partition coefficient (Wildman–Crippen LogP) is 3.55. The number of hydrogen-bond acceptors (Lipinski definition) is 4. The minimum absolute atomic E-state index is 0.148. The van der Waals surface area contributed by atoms with Gasteiger partial charge in [0.25, 0.3) is 5.91 Å². The molecule has 136 valence electrons. The number of fused-ring (bicyclic) bond motifs is 1. The maximum absolute atomic E-state index is 12.7. The Morgan fingerprint density at radius 1 is 1.12 bits per heavy atom. The van der Waals surface area contributed by atoms with E-state index in [0.717, 1.165) is 0 Å². The third-order valence-corrected chi connectivity index (χ3v) is 4.89. The van der Waals surface area contributed by atoms with Gasteiger partial charge in [0.05, 0.1) is 22.2 Å². The average Bonchev–Trinajstić information content (AvgIpc) is 2.58. The summed E-state index contributed by atoms with van der Waals surface area (Å²) in [5.41, 5.74) is 0.302. The second-order valence-electron chi connectivity index (χ2n) is 6.86. The molecule has 2 atom stereocenters. The van der Waals surface area contributed by atoms with E-state index in [1.165, 1.54) is 6.92 Å². The molecular weight excluding hydrogens is 354 g/mol. The van der Waals surface area contributed by atoms with E-state index in [-0.39, 0.29) is 5.78 Å². The van der Waals surface area contributed by atoms with Crippen molar-refractivity contribution in [1.29, 1.82) is 0 Å². The summed E-state index contributed by atoms with van der Waals surface area (Å²) in [4.78, 5) is 24.7. The Balaban J connectivity index is 2.04. The molecule has 0 aromatic heterocycles. The van der Waals surface area contributed by atoms with Crippen LogP contribution in [0.3, 0.4) is 0 Å². The molecule has 2 aromatic rings. The van der Waals surface area contributed by atoms with E-state index in [2.05, 4.69) is 5.32 Å². The van der Waals surface area contributed by atoms with Crippen LogP contribution in [-0.4, -0.2) is 28.5 Å². The van der Waals surface area contributed by atoms with Gasteiger partial charge in [-0.3, -0.25) is 9.59 Å². The summed E-state index contributed by atoms with van der Waals surface area (Å²) < 4.78 is 5.92. The van der Waals surface area contributed by atoms with Crippen LogP contribution in [0, 0.1) is 0 Å². The van der Waals surface area contributed by atoms with Crippen LogP contribution in [0.25, 0.3) is 0 Å². The first-order chi connectivity index (χ1) is 12.2. The van der Waals surface area contributed by atoms with Crippen molar-refractivity contribution in [3.63, 3.8) is 0 Å². The van der Waals surface area contributed by atoms with Crippen LogP contribution >= 0.6 is 11.6 Å². The minimum atomic E-state index is -1.01. The molecule has 0 fully saturated rings. The Kier molecular flexibility index (Phi) is 4.78. The highest BCUT2D eigenvalue weighted by Gasteiger charge is 2.44. The molecule has 0 spiro atoms. The molecule has 1 amide bonds. The summed E-state index contributed by atoms with van der Waals surface area (Å²) in [6, 6.07) is 11.1. The van der Waals surface area contributed by atoms with Crippen molar-refractivity contribution in [3.05, 3.63) is 64.2 Å². The van der Waals surface area contributed by atoms with Gasteiger partial charge in [-0.05, 0) is 39.0 Å². The molecule has 2 N–H and O–H groups in total. The number of nitrogens with one attached hydrogen (secondary N) is 1. The largest absolute Gasteiger partial charge is 0.484 e. The molecule has 26 heavy (non-hydrogen) atoms. The second-order valence-corrected chi connectivity index (χ2v) is 7.27. The molecule has 0 bridgehead atoms. The summed E-state index contributed by atoms with van der Waals surface area (Å²) in [5.74, 6) is -0.165. The lowest BCUT2D eigenvalue weighted by atomic mass is 9.85. The predicted molar refractivity (Wildman–Crippen MR) is 98.8 cm³/mol. The van der Waals surface area contributed by atoms with E-state index in [9.17, 15) is 14.7 Å². The molecule has 0 radical (unpaired) electrons. The van der Waals surface area contributed by atoms with E-state index >= 15 is 0 Å². The maximum Gasteiger partial charge on any atom is 0.253 e. The highest BCUT2D eigenvalue weighted by Crippen LogP contribution is 2.42. The van der Waals surface area contributed by atoms with Gasteiger partial charge in [0, 0.05) is 5.56 Å². The molecule has 6 heteroatoms. The van der Waals surface area contributed by atoms with Gasteiger partial charge in [-0.2, -0.15) is 0 Å². The SMILES string of the molecule is CC(=O)c1cccc2c1OC(C)(C)C(O)C2NC(=O)c1ccccc1Cl. The van der Waals surface area contributed by atoms with Crippen LogP contribution in [0.2, 0.25) is 5.02 Å².